The van der Waals surface area contributed by atoms with Crippen molar-refractivity contribution in [3.63, 3.8) is 0 Å². The highest BCUT2D eigenvalue weighted by atomic mass is 35.5. The van der Waals surface area contributed by atoms with Gasteiger partial charge in [0, 0.05) is 34.6 Å². The second kappa shape index (κ2) is 5.17. The second-order valence-electron chi connectivity index (χ2n) is 4.66. The van der Waals surface area contributed by atoms with Crippen LogP contribution in [0, 0.1) is 6.92 Å². The molecule has 0 spiro atoms. The van der Waals surface area contributed by atoms with E-state index in [-0.39, 0.29) is 0 Å². The average molecular weight is 284 g/mol. The van der Waals surface area contributed by atoms with E-state index in [2.05, 4.69) is 21.9 Å². The lowest BCUT2D eigenvalue weighted by Gasteiger charge is -2.09. The lowest BCUT2D eigenvalue weighted by molar-refractivity contribution is 1.00. The van der Waals surface area contributed by atoms with Crippen LogP contribution in [-0.2, 0) is 6.42 Å². The number of rotatable bonds is 2. The molecule has 4 heteroatoms. The minimum absolute atomic E-state index is 0.530. The lowest BCUT2D eigenvalue weighted by atomic mass is 10.1. The van der Waals surface area contributed by atoms with Crippen LogP contribution in [0.25, 0.3) is 22.2 Å². The van der Waals surface area contributed by atoms with Crippen molar-refractivity contribution >= 4 is 22.4 Å². The van der Waals surface area contributed by atoms with E-state index in [0.29, 0.717) is 11.0 Å². The summed E-state index contributed by atoms with van der Waals surface area (Å²) in [4.78, 5) is 13.3. The van der Waals surface area contributed by atoms with Crippen molar-refractivity contribution in [1.29, 1.82) is 0 Å². The molecule has 1 aromatic carbocycles. The number of aryl methyl sites for hydroxylation is 1. The average Bonchev–Trinajstić information content (AvgIpc) is 2.46. The Balaban J connectivity index is 2.26. The molecule has 0 unspecified atom stereocenters. The van der Waals surface area contributed by atoms with Crippen LogP contribution in [0.1, 0.15) is 18.2 Å². The highest BCUT2D eigenvalue weighted by molar-refractivity contribution is 6.30. The van der Waals surface area contributed by atoms with Gasteiger partial charge >= 0.3 is 0 Å². The maximum atomic E-state index is 6.26. The first kappa shape index (κ1) is 13.0. The molecule has 0 atom stereocenters. The predicted molar refractivity (Wildman–Crippen MR) is 81.9 cm³/mol. The smallest absolute Gasteiger partial charge is 0.163 e. The number of fused-ring (bicyclic) bond motifs is 1. The van der Waals surface area contributed by atoms with Gasteiger partial charge in [0.1, 0.15) is 5.15 Å². The van der Waals surface area contributed by atoms with Gasteiger partial charge in [0.2, 0.25) is 0 Å². The largest absolute Gasteiger partial charge is 0.263 e. The van der Waals surface area contributed by atoms with Gasteiger partial charge in [-0.2, -0.15) is 0 Å². The van der Waals surface area contributed by atoms with Gasteiger partial charge in [-0.15, -0.1) is 0 Å². The first-order chi connectivity index (χ1) is 9.70. The van der Waals surface area contributed by atoms with E-state index in [9.17, 15) is 0 Å². The summed E-state index contributed by atoms with van der Waals surface area (Å²) in [5.74, 6) is 0.633. The Kier molecular flexibility index (Phi) is 3.36. The van der Waals surface area contributed by atoms with E-state index in [1.807, 2.05) is 37.4 Å². The molecule has 3 nitrogen and oxygen atoms in total. The summed E-state index contributed by atoms with van der Waals surface area (Å²) in [6.07, 6.45) is 4.46. The third kappa shape index (κ3) is 2.14. The van der Waals surface area contributed by atoms with Crippen molar-refractivity contribution in [2.45, 2.75) is 20.3 Å². The summed E-state index contributed by atoms with van der Waals surface area (Å²) in [7, 11) is 0. The maximum absolute atomic E-state index is 6.26. The molecule has 0 aliphatic heterocycles. The molecule has 0 aliphatic carbocycles. The third-order valence-electron chi connectivity index (χ3n) is 3.43. The van der Waals surface area contributed by atoms with Crippen LogP contribution in [0.3, 0.4) is 0 Å². The van der Waals surface area contributed by atoms with Crippen LogP contribution in [0.2, 0.25) is 5.15 Å². The molecule has 0 aliphatic rings. The number of hydrogen-bond donors (Lipinski definition) is 0. The van der Waals surface area contributed by atoms with Crippen molar-refractivity contribution in [2.75, 3.05) is 0 Å². The minimum atomic E-state index is 0.530. The first-order valence-electron chi connectivity index (χ1n) is 6.57. The Bertz CT molecular complexity index is 755. The third-order valence-corrected chi connectivity index (χ3v) is 3.74. The highest BCUT2D eigenvalue weighted by Gasteiger charge is 2.12. The highest BCUT2D eigenvalue weighted by Crippen LogP contribution is 2.27. The van der Waals surface area contributed by atoms with Crippen LogP contribution in [0.4, 0.5) is 0 Å². The van der Waals surface area contributed by atoms with Crippen LogP contribution in [0.5, 0.6) is 0 Å². The van der Waals surface area contributed by atoms with Gasteiger partial charge in [-0.1, -0.05) is 42.8 Å². The molecule has 3 rings (SSSR count). The molecule has 0 saturated carbocycles. The zero-order valence-corrected chi connectivity index (χ0v) is 12.1. The molecule has 20 heavy (non-hydrogen) atoms. The van der Waals surface area contributed by atoms with Gasteiger partial charge in [0.05, 0.1) is 0 Å². The SMILES string of the molecule is CCc1c(C)nc(-c2cncc3ccccc23)nc1Cl. The zero-order chi connectivity index (χ0) is 14.1. The molecular formula is C16H14ClN3. The number of hydrogen-bond acceptors (Lipinski definition) is 3. The fourth-order valence-corrected chi connectivity index (χ4v) is 2.73. The van der Waals surface area contributed by atoms with Gasteiger partial charge < -0.3 is 0 Å². The Morgan fingerprint density at radius 3 is 2.65 bits per heavy atom. The topological polar surface area (TPSA) is 38.7 Å². The van der Waals surface area contributed by atoms with E-state index in [0.717, 1.165) is 34.0 Å². The van der Waals surface area contributed by atoms with Crippen molar-refractivity contribution in [1.82, 2.24) is 15.0 Å². The van der Waals surface area contributed by atoms with Crippen molar-refractivity contribution in [3.8, 4) is 11.4 Å². The summed E-state index contributed by atoms with van der Waals surface area (Å²) >= 11 is 6.26. The van der Waals surface area contributed by atoms with E-state index in [4.69, 9.17) is 11.6 Å². The summed E-state index contributed by atoms with van der Waals surface area (Å²) in [5, 5.41) is 2.69. The summed E-state index contributed by atoms with van der Waals surface area (Å²) in [5.41, 5.74) is 2.84. The zero-order valence-electron chi connectivity index (χ0n) is 11.4. The summed E-state index contributed by atoms with van der Waals surface area (Å²) in [6, 6.07) is 8.07. The Morgan fingerprint density at radius 2 is 1.90 bits per heavy atom. The van der Waals surface area contributed by atoms with E-state index >= 15 is 0 Å². The van der Waals surface area contributed by atoms with Gasteiger partial charge in [0.25, 0.3) is 0 Å². The van der Waals surface area contributed by atoms with E-state index in [1.54, 1.807) is 6.20 Å². The quantitative estimate of drug-likeness (QED) is 0.661. The Hall–Kier alpha value is -2.00. The first-order valence-corrected chi connectivity index (χ1v) is 6.94. The number of halogens is 1. The summed E-state index contributed by atoms with van der Waals surface area (Å²) in [6.45, 7) is 4.02. The number of benzene rings is 1. The van der Waals surface area contributed by atoms with Crippen LogP contribution in [-0.4, -0.2) is 15.0 Å². The van der Waals surface area contributed by atoms with Crippen molar-refractivity contribution in [2.24, 2.45) is 0 Å². The van der Waals surface area contributed by atoms with Crippen LogP contribution < -0.4 is 0 Å². The Labute approximate surface area is 122 Å². The fraction of sp³-hybridized carbons (Fsp3) is 0.188. The standard InChI is InChI=1S/C16H14ClN3/c1-3-12-10(2)19-16(20-15(12)17)14-9-18-8-11-6-4-5-7-13(11)14/h4-9H,3H2,1-2H3. The van der Waals surface area contributed by atoms with E-state index < -0.39 is 0 Å². The van der Waals surface area contributed by atoms with Gasteiger partial charge in [-0.05, 0) is 18.7 Å². The van der Waals surface area contributed by atoms with Crippen LogP contribution in [0.15, 0.2) is 36.7 Å². The number of nitrogens with zero attached hydrogens (tertiary/aromatic N) is 3. The molecule has 0 fully saturated rings. The predicted octanol–water partition coefficient (Wildman–Crippen LogP) is 4.22. The van der Waals surface area contributed by atoms with E-state index in [1.165, 1.54) is 0 Å². The molecule has 2 aromatic heterocycles. The molecule has 0 saturated heterocycles. The second-order valence-corrected chi connectivity index (χ2v) is 5.02. The van der Waals surface area contributed by atoms with Crippen molar-refractivity contribution < 1.29 is 0 Å². The molecule has 0 radical (unpaired) electrons. The van der Waals surface area contributed by atoms with Gasteiger partial charge in [-0.3, -0.25) is 4.98 Å². The molecule has 100 valence electrons. The van der Waals surface area contributed by atoms with Crippen molar-refractivity contribution in [3.05, 3.63) is 53.1 Å². The molecule has 0 amide bonds. The Morgan fingerprint density at radius 1 is 1.10 bits per heavy atom. The molecule has 2 heterocycles. The normalized spacial score (nSPS) is 10.9. The molecule has 3 aromatic rings. The fourth-order valence-electron chi connectivity index (χ4n) is 2.38. The van der Waals surface area contributed by atoms with Gasteiger partial charge in [0.15, 0.2) is 5.82 Å². The molecule has 0 N–H and O–H groups in total. The lowest BCUT2D eigenvalue weighted by Crippen LogP contribution is -2.00. The summed E-state index contributed by atoms with van der Waals surface area (Å²) < 4.78 is 0. The maximum Gasteiger partial charge on any atom is 0.163 e. The number of aromatic nitrogens is 3. The minimum Gasteiger partial charge on any atom is -0.263 e. The molecular weight excluding hydrogens is 270 g/mol. The number of pyridine rings is 1. The molecule has 0 bridgehead atoms. The van der Waals surface area contributed by atoms with Crippen LogP contribution >= 0.6 is 11.6 Å². The van der Waals surface area contributed by atoms with Gasteiger partial charge in [-0.25, -0.2) is 9.97 Å². The monoisotopic (exact) mass is 283 g/mol.